The lowest BCUT2D eigenvalue weighted by molar-refractivity contribution is -0.384. The minimum atomic E-state index is -0.422. The monoisotopic (exact) mass is 366 g/mol. The van der Waals surface area contributed by atoms with Gasteiger partial charge in [-0.05, 0) is 31.4 Å². The number of nitro groups is 1. The molecule has 0 saturated heterocycles. The van der Waals surface area contributed by atoms with Crippen LogP contribution >= 0.6 is 0 Å². The molecule has 1 atom stereocenters. The smallest absolute Gasteiger partial charge is 0.311 e. The van der Waals surface area contributed by atoms with Gasteiger partial charge in [0.15, 0.2) is 0 Å². The number of rotatable bonds is 6. The van der Waals surface area contributed by atoms with E-state index in [4.69, 9.17) is 4.52 Å². The minimum Gasteiger partial charge on any atom is -0.361 e. The van der Waals surface area contributed by atoms with E-state index >= 15 is 0 Å². The molecule has 1 N–H and O–H groups in total. The second-order valence-electron chi connectivity index (χ2n) is 6.80. The maximum atomic E-state index is 11.5. The molecule has 27 heavy (non-hydrogen) atoms. The molecule has 2 aromatic heterocycles. The Kier molecular flexibility index (Phi) is 5.21. The normalized spacial score (nSPS) is 12.2. The van der Waals surface area contributed by atoms with E-state index in [9.17, 15) is 10.1 Å². The first kappa shape index (κ1) is 18.6. The number of aromatic nitrogens is 2. The highest BCUT2D eigenvalue weighted by atomic mass is 16.6. The number of hydrogen-bond donors (Lipinski definition) is 1. The highest BCUT2D eigenvalue weighted by Crippen LogP contribution is 2.34. The van der Waals surface area contributed by atoms with Gasteiger partial charge in [0, 0.05) is 6.07 Å². The number of anilines is 1. The van der Waals surface area contributed by atoms with Gasteiger partial charge in [0.1, 0.15) is 5.76 Å². The first-order chi connectivity index (χ1) is 12.9. The van der Waals surface area contributed by atoms with Gasteiger partial charge in [-0.15, -0.1) is 0 Å². The van der Waals surface area contributed by atoms with Gasteiger partial charge in [-0.1, -0.05) is 49.3 Å². The third-order valence-electron chi connectivity index (χ3n) is 4.48. The largest absolute Gasteiger partial charge is 0.361 e. The fraction of sp³-hybridized carbons (Fsp3) is 0.300. The van der Waals surface area contributed by atoms with Crippen LogP contribution in [0.1, 0.15) is 36.9 Å². The van der Waals surface area contributed by atoms with Crippen LogP contribution in [0.25, 0.3) is 11.3 Å². The molecule has 3 rings (SSSR count). The molecule has 0 spiro atoms. The van der Waals surface area contributed by atoms with E-state index in [1.807, 2.05) is 37.3 Å². The van der Waals surface area contributed by atoms with E-state index in [1.165, 1.54) is 6.07 Å². The Morgan fingerprint density at radius 3 is 2.37 bits per heavy atom. The number of hydrogen-bond acceptors (Lipinski definition) is 6. The average Bonchev–Trinajstić information content (AvgIpc) is 2.98. The number of nitrogens with zero attached hydrogens (tertiary/aromatic N) is 3. The summed E-state index contributed by atoms with van der Waals surface area (Å²) >= 11 is 0. The van der Waals surface area contributed by atoms with Crippen LogP contribution in [-0.4, -0.2) is 15.1 Å². The predicted octanol–water partition coefficient (Wildman–Crippen LogP) is 5.07. The molecule has 0 fully saturated rings. The van der Waals surface area contributed by atoms with Crippen LogP contribution in [0.4, 0.5) is 11.5 Å². The Bertz CT molecular complexity index is 932. The maximum Gasteiger partial charge on any atom is 0.311 e. The van der Waals surface area contributed by atoms with Crippen molar-refractivity contribution < 1.29 is 9.45 Å². The second-order valence-corrected chi connectivity index (χ2v) is 6.80. The topological polar surface area (TPSA) is 94.1 Å². The van der Waals surface area contributed by atoms with Crippen molar-refractivity contribution >= 4 is 11.5 Å². The molecule has 0 aliphatic carbocycles. The summed E-state index contributed by atoms with van der Waals surface area (Å²) in [6, 6.07) is 12.8. The Morgan fingerprint density at radius 1 is 1.11 bits per heavy atom. The molecule has 2 heterocycles. The Balaban J connectivity index is 2.07. The lowest BCUT2D eigenvalue weighted by atomic mass is 9.96. The van der Waals surface area contributed by atoms with Crippen LogP contribution in [0.2, 0.25) is 0 Å². The first-order valence-corrected chi connectivity index (χ1v) is 8.78. The van der Waals surface area contributed by atoms with E-state index < -0.39 is 4.92 Å². The average molecular weight is 366 g/mol. The maximum absolute atomic E-state index is 11.5. The predicted molar refractivity (Wildman–Crippen MR) is 104 cm³/mol. The van der Waals surface area contributed by atoms with Gasteiger partial charge >= 0.3 is 5.69 Å². The molecule has 140 valence electrons. The fourth-order valence-corrected chi connectivity index (χ4v) is 3.14. The van der Waals surface area contributed by atoms with Gasteiger partial charge in [0.05, 0.1) is 27.9 Å². The van der Waals surface area contributed by atoms with E-state index in [1.54, 1.807) is 13.0 Å². The zero-order chi connectivity index (χ0) is 19.6. The molecule has 0 aliphatic rings. The van der Waals surface area contributed by atoms with Crippen LogP contribution in [0, 0.1) is 29.9 Å². The lowest BCUT2D eigenvalue weighted by Gasteiger charge is -2.23. The summed E-state index contributed by atoms with van der Waals surface area (Å²) in [5.74, 6) is 1.07. The molecule has 0 amide bonds. The van der Waals surface area contributed by atoms with Gasteiger partial charge in [-0.25, -0.2) is 4.98 Å². The third kappa shape index (κ3) is 3.81. The molecule has 0 bridgehead atoms. The molecule has 3 aromatic rings. The van der Waals surface area contributed by atoms with Gasteiger partial charge in [-0.3, -0.25) is 10.1 Å². The Labute approximate surface area is 157 Å². The van der Waals surface area contributed by atoms with Crippen LogP contribution in [0.3, 0.4) is 0 Å². The summed E-state index contributed by atoms with van der Waals surface area (Å²) in [4.78, 5) is 15.7. The Morgan fingerprint density at radius 2 is 1.81 bits per heavy atom. The van der Waals surface area contributed by atoms with Crippen molar-refractivity contribution in [2.45, 2.75) is 33.7 Å². The fourth-order valence-electron chi connectivity index (χ4n) is 3.14. The van der Waals surface area contributed by atoms with E-state index in [2.05, 4.69) is 29.3 Å². The van der Waals surface area contributed by atoms with Crippen molar-refractivity contribution in [2.75, 3.05) is 5.32 Å². The quantitative estimate of drug-likeness (QED) is 0.483. The van der Waals surface area contributed by atoms with Crippen LogP contribution in [0.15, 0.2) is 47.0 Å². The van der Waals surface area contributed by atoms with Crippen molar-refractivity contribution in [2.24, 2.45) is 5.92 Å². The molecule has 0 radical (unpaired) electrons. The van der Waals surface area contributed by atoms with Crippen molar-refractivity contribution in [3.05, 3.63) is 69.6 Å². The minimum absolute atomic E-state index is 0.0629. The third-order valence-corrected chi connectivity index (χ3v) is 4.48. The Hall–Kier alpha value is -3.22. The lowest BCUT2D eigenvalue weighted by Crippen LogP contribution is -2.18. The standard InChI is InChI=1S/C20H22N4O3/c1-12(2)19(15-8-6-5-7-9-15)22-20-17(24(25)26)11-10-16(21-20)18-13(3)23-27-14(18)4/h5-12,19H,1-4H3,(H,21,22)/t19-/m0/s1. The molecule has 0 unspecified atom stereocenters. The summed E-state index contributed by atoms with van der Waals surface area (Å²) in [7, 11) is 0. The summed E-state index contributed by atoms with van der Waals surface area (Å²) in [5.41, 5.74) is 3.03. The molecular formula is C20H22N4O3. The SMILES string of the molecule is Cc1noc(C)c1-c1ccc([N+](=O)[O-])c(N[C@H](c2ccccc2)C(C)C)n1. The molecule has 7 heteroatoms. The molecular weight excluding hydrogens is 344 g/mol. The highest BCUT2D eigenvalue weighted by molar-refractivity contribution is 5.69. The first-order valence-electron chi connectivity index (χ1n) is 8.78. The van der Waals surface area contributed by atoms with Gasteiger partial charge < -0.3 is 9.84 Å². The van der Waals surface area contributed by atoms with Crippen molar-refractivity contribution in [3.8, 4) is 11.3 Å². The highest BCUT2D eigenvalue weighted by Gasteiger charge is 2.24. The molecule has 7 nitrogen and oxygen atoms in total. The summed E-state index contributed by atoms with van der Waals surface area (Å²) in [6.45, 7) is 7.75. The van der Waals surface area contributed by atoms with E-state index in [0.29, 0.717) is 17.1 Å². The van der Waals surface area contributed by atoms with E-state index in [-0.39, 0.29) is 23.5 Å². The zero-order valence-corrected chi connectivity index (χ0v) is 15.8. The molecule has 0 aliphatic heterocycles. The summed E-state index contributed by atoms with van der Waals surface area (Å²) in [6.07, 6.45) is 0. The van der Waals surface area contributed by atoms with Gasteiger partial charge in [0.25, 0.3) is 0 Å². The molecule has 0 saturated carbocycles. The number of pyridine rings is 1. The van der Waals surface area contributed by atoms with Crippen LogP contribution in [-0.2, 0) is 0 Å². The van der Waals surface area contributed by atoms with Gasteiger partial charge in [-0.2, -0.15) is 0 Å². The summed E-state index contributed by atoms with van der Waals surface area (Å²) < 4.78 is 5.21. The molecule has 1 aromatic carbocycles. The van der Waals surface area contributed by atoms with Crippen LogP contribution < -0.4 is 5.32 Å². The number of benzene rings is 1. The van der Waals surface area contributed by atoms with Crippen molar-refractivity contribution in [3.63, 3.8) is 0 Å². The van der Waals surface area contributed by atoms with Gasteiger partial charge in [0.2, 0.25) is 5.82 Å². The number of nitrogens with one attached hydrogen (secondary N) is 1. The van der Waals surface area contributed by atoms with Crippen LogP contribution in [0.5, 0.6) is 0 Å². The van der Waals surface area contributed by atoms with E-state index in [0.717, 1.165) is 11.1 Å². The van der Waals surface area contributed by atoms with Crippen molar-refractivity contribution in [1.29, 1.82) is 0 Å². The number of aryl methyl sites for hydroxylation is 2. The second kappa shape index (κ2) is 7.57. The zero-order valence-electron chi connectivity index (χ0n) is 15.8. The summed E-state index contributed by atoms with van der Waals surface area (Å²) in [5, 5.41) is 18.8. The van der Waals surface area contributed by atoms with Crippen molar-refractivity contribution in [1.82, 2.24) is 10.1 Å².